The van der Waals surface area contributed by atoms with E-state index in [1.54, 1.807) is 24.2 Å². The highest BCUT2D eigenvalue weighted by molar-refractivity contribution is 9.10. The minimum Gasteiger partial charge on any atom is -0.385 e. The average molecular weight is 394 g/mol. The molecule has 8 heteroatoms. The van der Waals surface area contributed by atoms with Crippen molar-refractivity contribution in [1.29, 1.82) is 0 Å². The van der Waals surface area contributed by atoms with E-state index in [4.69, 9.17) is 0 Å². The van der Waals surface area contributed by atoms with Crippen molar-refractivity contribution in [2.24, 2.45) is 0 Å². The van der Waals surface area contributed by atoms with Crippen LogP contribution in [0.15, 0.2) is 39.6 Å². The Labute approximate surface area is 139 Å². The van der Waals surface area contributed by atoms with E-state index >= 15 is 0 Å². The van der Waals surface area contributed by atoms with Crippen LogP contribution in [0.4, 0.5) is 24.5 Å². The molecular weight excluding hydrogens is 379 g/mol. The van der Waals surface area contributed by atoms with Crippen LogP contribution < -0.4 is 10.2 Å². The Hall–Kier alpha value is -1.15. The summed E-state index contributed by atoms with van der Waals surface area (Å²) in [4.78, 5) is 6.38. The molecular formula is C14H15BrF3N3S. The Bertz CT molecular complexity index is 614. The van der Waals surface area contributed by atoms with E-state index in [2.05, 4.69) is 26.2 Å². The molecule has 2 rings (SSSR count). The van der Waals surface area contributed by atoms with Gasteiger partial charge in [0.25, 0.3) is 0 Å². The first-order valence-electron chi connectivity index (χ1n) is 6.57. The van der Waals surface area contributed by atoms with Crippen molar-refractivity contribution in [3.63, 3.8) is 0 Å². The molecule has 2 heterocycles. The number of halogens is 4. The Kier molecular flexibility index (Phi) is 5.44. The van der Waals surface area contributed by atoms with Gasteiger partial charge in [0.05, 0.1) is 29.7 Å². The first-order valence-corrected chi connectivity index (χ1v) is 8.35. The van der Waals surface area contributed by atoms with Crippen molar-refractivity contribution in [1.82, 2.24) is 4.98 Å². The summed E-state index contributed by atoms with van der Waals surface area (Å²) in [7, 11) is 1.71. The highest BCUT2D eigenvalue weighted by Gasteiger charge is 2.35. The van der Waals surface area contributed by atoms with Crippen molar-refractivity contribution in [3.8, 4) is 0 Å². The van der Waals surface area contributed by atoms with Crippen LogP contribution in [0.3, 0.4) is 0 Å². The van der Waals surface area contributed by atoms with Gasteiger partial charge in [0.1, 0.15) is 4.60 Å². The van der Waals surface area contributed by atoms with Crippen LogP contribution in [0.2, 0.25) is 0 Å². The monoisotopic (exact) mass is 393 g/mol. The molecule has 1 aliphatic heterocycles. The third-order valence-electron chi connectivity index (χ3n) is 3.02. The van der Waals surface area contributed by atoms with E-state index in [0.29, 0.717) is 27.4 Å². The first-order chi connectivity index (χ1) is 10.3. The zero-order chi connectivity index (χ0) is 16.3. The predicted octanol–water partition coefficient (Wildman–Crippen LogP) is 4.79. The number of alkyl halides is 3. The van der Waals surface area contributed by atoms with Crippen molar-refractivity contribution >= 4 is 39.1 Å². The lowest BCUT2D eigenvalue weighted by molar-refractivity contribution is -0.0885. The Balaban J connectivity index is 2.45. The van der Waals surface area contributed by atoms with Gasteiger partial charge >= 0.3 is 6.18 Å². The number of allylic oxidation sites excluding steroid dienone is 2. The van der Waals surface area contributed by atoms with E-state index in [1.165, 1.54) is 17.8 Å². The second-order valence-corrected chi connectivity index (χ2v) is 6.73. The Morgan fingerprint density at radius 3 is 2.77 bits per heavy atom. The molecule has 0 fully saturated rings. The molecule has 3 nitrogen and oxygen atoms in total. The number of hydrogen-bond acceptors (Lipinski definition) is 4. The molecule has 22 heavy (non-hydrogen) atoms. The van der Waals surface area contributed by atoms with E-state index in [1.807, 2.05) is 6.92 Å². The topological polar surface area (TPSA) is 28.2 Å². The lowest BCUT2D eigenvalue weighted by Crippen LogP contribution is -2.27. The number of aromatic nitrogens is 1. The van der Waals surface area contributed by atoms with Crippen molar-refractivity contribution in [2.75, 3.05) is 29.6 Å². The fraction of sp³-hybridized carbons (Fsp3) is 0.357. The maximum Gasteiger partial charge on any atom is 0.417 e. The molecule has 0 spiro atoms. The van der Waals surface area contributed by atoms with Crippen LogP contribution in [0.5, 0.6) is 0 Å². The Morgan fingerprint density at radius 2 is 2.18 bits per heavy atom. The average Bonchev–Trinajstić information content (AvgIpc) is 2.46. The molecule has 120 valence electrons. The van der Waals surface area contributed by atoms with Gasteiger partial charge in [-0.2, -0.15) is 13.2 Å². The van der Waals surface area contributed by atoms with Crippen LogP contribution in [-0.2, 0) is 0 Å². The minimum atomic E-state index is -4.37. The highest BCUT2D eigenvalue weighted by atomic mass is 79.9. The molecule has 0 atom stereocenters. The van der Waals surface area contributed by atoms with Crippen LogP contribution >= 0.6 is 27.7 Å². The molecule has 0 aliphatic carbocycles. The number of thioether (sulfide) groups is 1. The number of anilines is 2. The molecule has 0 saturated carbocycles. The van der Waals surface area contributed by atoms with Crippen LogP contribution in [0, 0.1) is 0 Å². The van der Waals surface area contributed by atoms with Crippen LogP contribution in [-0.4, -0.2) is 30.5 Å². The van der Waals surface area contributed by atoms with E-state index in [-0.39, 0.29) is 0 Å². The normalized spacial score (nSPS) is 15.5. The minimum absolute atomic E-state index is 0.406. The van der Waals surface area contributed by atoms with Crippen LogP contribution in [0.25, 0.3) is 0 Å². The standard InChI is InChI=1S/C14H15BrF3N3S/c1-3-22-10-4-9(14(16,17)18)7-21(8-10)12-5-13(15)20-6-11(12)19-2/h4-7,19H,3,8H2,1-2H3. The molecule has 0 aromatic carbocycles. The second kappa shape index (κ2) is 6.95. The van der Waals surface area contributed by atoms with Gasteiger partial charge in [-0.05, 0) is 33.8 Å². The van der Waals surface area contributed by atoms with Gasteiger partial charge < -0.3 is 10.2 Å². The number of rotatable bonds is 4. The second-order valence-electron chi connectivity index (χ2n) is 4.53. The lowest BCUT2D eigenvalue weighted by Gasteiger charge is -2.29. The Morgan fingerprint density at radius 1 is 1.45 bits per heavy atom. The van der Waals surface area contributed by atoms with Gasteiger partial charge in [-0.15, -0.1) is 11.8 Å². The molecule has 0 amide bonds. The summed E-state index contributed by atoms with van der Waals surface area (Å²) in [6.45, 7) is 2.33. The summed E-state index contributed by atoms with van der Waals surface area (Å²) < 4.78 is 39.9. The number of hydrogen-bond donors (Lipinski definition) is 1. The number of nitrogens with zero attached hydrogens (tertiary/aromatic N) is 2. The molecule has 0 unspecified atom stereocenters. The summed E-state index contributed by atoms with van der Waals surface area (Å²) in [6, 6.07) is 1.70. The molecule has 1 aromatic heterocycles. The fourth-order valence-electron chi connectivity index (χ4n) is 2.07. The quantitative estimate of drug-likeness (QED) is 0.744. The largest absolute Gasteiger partial charge is 0.417 e. The van der Waals surface area contributed by atoms with Gasteiger partial charge in [0.15, 0.2) is 0 Å². The summed E-state index contributed by atoms with van der Waals surface area (Å²) in [6.07, 6.45) is -0.421. The maximum absolute atomic E-state index is 13.1. The third kappa shape index (κ3) is 3.98. The van der Waals surface area contributed by atoms with Gasteiger partial charge in [-0.3, -0.25) is 0 Å². The predicted molar refractivity (Wildman–Crippen MR) is 89.2 cm³/mol. The van der Waals surface area contributed by atoms with Gasteiger partial charge in [-0.1, -0.05) is 6.92 Å². The molecule has 0 radical (unpaired) electrons. The number of nitrogens with one attached hydrogen (secondary N) is 1. The smallest absolute Gasteiger partial charge is 0.385 e. The zero-order valence-electron chi connectivity index (χ0n) is 12.0. The molecule has 0 saturated heterocycles. The first kappa shape index (κ1) is 17.2. The van der Waals surface area contributed by atoms with E-state index < -0.39 is 11.7 Å². The van der Waals surface area contributed by atoms with E-state index in [0.717, 1.165) is 12.0 Å². The maximum atomic E-state index is 13.1. The van der Waals surface area contributed by atoms with E-state index in [9.17, 15) is 13.2 Å². The van der Waals surface area contributed by atoms with Gasteiger partial charge in [-0.25, -0.2) is 4.98 Å². The number of pyridine rings is 1. The molecule has 1 N–H and O–H groups in total. The lowest BCUT2D eigenvalue weighted by atomic mass is 10.1. The molecule has 0 bridgehead atoms. The van der Waals surface area contributed by atoms with Crippen molar-refractivity contribution in [3.05, 3.63) is 39.6 Å². The fourth-order valence-corrected chi connectivity index (χ4v) is 3.20. The summed E-state index contributed by atoms with van der Waals surface area (Å²) >= 11 is 4.68. The molecule has 1 aliphatic rings. The highest BCUT2D eigenvalue weighted by Crippen LogP contribution is 2.37. The summed E-state index contributed by atoms with van der Waals surface area (Å²) in [5.74, 6) is 0.726. The summed E-state index contributed by atoms with van der Waals surface area (Å²) in [5.41, 5.74) is 0.668. The van der Waals surface area contributed by atoms with Gasteiger partial charge in [0.2, 0.25) is 0 Å². The SMILES string of the molecule is CCSC1=CC(C(F)(F)F)=CN(c2cc(Br)ncc2NC)C1. The van der Waals surface area contributed by atoms with Crippen LogP contribution in [0.1, 0.15) is 6.92 Å². The third-order valence-corrected chi connectivity index (χ3v) is 4.36. The van der Waals surface area contributed by atoms with Crippen molar-refractivity contribution in [2.45, 2.75) is 13.1 Å². The molecule has 1 aromatic rings. The summed E-state index contributed by atoms with van der Waals surface area (Å²) in [5, 5.41) is 2.96. The zero-order valence-corrected chi connectivity index (χ0v) is 14.4. The van der Waals surface area contributed by atoms with Gasteiger partial charge in [0, 0.05) is 18.2 Å². The van der Waals surface area contributed by atoms with Crippen molar-refractivity contribution < 1.29 is 13.2 Å².